The van der Waals surface area contributed by atoms with Crippen LogP contribution in [0.4, 0.5) is 5.82 Å². The highest BCUT2D eigenvalue weighted by Gasteiger charge is 2.40. The van der Waals surface area contributed by atoms with Gasteiger partial charge in [-0.2, -0.15) is 14.1 Å². The number of para-hydroxylation sites is 1. The van der Waals surface area contributed by atoms with Crippen LogP contribution in [-0.4, -0.2) is 46.0 Å². The summed E-state index contributed by atoms with van der Waals surface area (Å²) in [4.78, 5) is 18.4. The smallest absolute Gasteiger partial charge is 0.244 e. The molecule has 1 saturated heterocycles. The molecule has 1 aliphatic heterocycles. The lowest BCUT2D eigenvalue weighted by Crippen LogP contribution is -2.43. The summed E-state index contributed by atoms with van der Waals surface area (Å²) in [5, 5.41) is 8.93. The summed E-state index contributed by atoms with van der Waals surface area (Å²) in [6, 6.07) is 13.1. The molecule has 0 bridgehead atoms. The summed E-state index contributed by atoms with van der Waals surface area (Å²) < 4.78 is 30.7. The largest absolute Gasteiger partial charge is 0.309 e. The van der Waals surface area contributed by atoms with Crippen LogP contribution in [0.1, 0.15) is 30.5 Å². The second-order valence-corrected chi connectivity index (χ2v) is 12.1. The van der Waals surface area contributed by atoms with Gasteiger partial charge in [-0.25, -0.2) is 13.4 Å². The monoisotopic (exact) mass is 527 g/mol. The van der Waals surface area contributed by atoms with Gasteiger partial charge in [0.2, 0.25) is 21.1 Å². The number of benzene rings is 2. The summed E-state index contributed by atoms with van der Waals surface area (Å²) in [5.41, 5.74) is 2.83. The first-order valence-electron chi connectivity index (χ1n) is 11.5. The molecule has 1 unspecified atom stereocenters. The second kappa shape index (κ2) is 8.70. The summed E-state index contributed by atoms with van der Waals surface area (Å²) in [6.07, 6.45) is 3.70. The van der Waals surface area contributed by atoms with Crippen LogP contribution in [0.2, 0.25) is 5.02 Å². The van der Waals surface area contributed by atoms with E-state index in [9.17, 15) is 13.2 Å². The average Bonchev–Trinajstić information content (AvgIpc) is 3.62. The fourth-order valence-electron chi connectivity index (χ4n) is 4.84. The molecule has 1 amide bonds. The van der Waals surface area contributed by atoms with Gasteiger partial charge in [-0.3, -0.25) is 4.79 Å². The van der Waals surface area contributed by atoms with Crippen molar-refractivity contribution in [2.24, 2.45) is 0 Å². The average molecular weight is 528 g/mol. The summed E-state index contributed by atoms with van der Waals surface area (Å²) in [7, 11) is -3.84. The fourth-order valence-corrected chi connectivity index (χ4v) is 7.55. The number of rotatable bonds is 5. The van der Waals surface area contributed by atoms with Gasteiger partial charge in [0.25, 0.3) is 0 Å². The van der Waals surface area contributed by atoms with Crippen molar-refractivity contribution in [2.75, 3.05) is 11.9 Å². The van der Waals surface area contributed by atoms with Gasteiger partial charge in [0, 0.05) is 17.1 Å². The van der Waals surface area contributed by atoms with Crippen molar-refractivity contribution in [1.82, 2.24) is 19.1 Å². The Kier molecular flexibility index (Phi) is 5.63. The van der Waals surface area contributed by atoms with Crippen LogP contribution in [0, 0.1) is 0 Å². The Balaban J connectivity index is 1.33. The predicted molar refractivity (Wildman–Crippen MR) is 136 cm³/mol. The normalized spacial score (nSPS) is 18.3. The third-order valence-electron chi connectivity index (χ3n) is 6.54. The molecular weight excluding hydrogens is 506 g/mol. The molecule has 2 aromatic heterocycles. The lowest BCUT2D eigenvalue weighted by Gasteiger charge is -2.23. The van der Waals surface area contributed by atoms with E-state index in [4.69, 9.17) is 21.7 Å². The minimum absolute atomic E-state index is 0.127. The summed E-state index contributed by atoms with van der Waals surface area (Å²) in [6.45, 7) is 0.290. The number of aromatic nitrogens is 3. The minimum Gasteiger partial charge on any atom is -0.309 e. The maximum atomic E-state index is 13.5. The lowest BCUT2D eigenvalue weighted by molar-refractivity contribution is -0.119. The first-order chi connectivity index (χ1) is 16.9. The van der Waals surface area contributed by atoms with E-state index in [-0.39, 0.29) is 17.3 Å². The molecule has 1 fully saturated rings. The Morgan fingerprint density at radius 2 is 1.89 bits per heavy atom. The molecule has 1 aliphatic carbocycles. The number of nitrogens with zero attached hydrogens (tertiary/aromatic N) is 4. The van der Waals surface area contributed by atoms with Gasteiger partial charge in [-0.1, -0.05) is 35.1 Å². The second-order valence-electron chi connectivity index (χ2n) is 8.72. The highest BCUT2D eigenvalue weighted by Crippen LogP contribution is 2.35. The highest BCUT2D eigenvalue weighted by atomic mass is 35.5. The SMILES string of the molecule is O=C(Nc1c2c(nn1-c1nc3ccccc3s1)CCC2)C1CCCN1S(=O)(=O)c1ccc(Cl)cc1. The number of carbonyl (C=O) groups is 1. The van der Waals surface area contributed by atoms with Crippen LogP contribution in [0.25, 0.3) is 15.3 Å². The van der Waals surface area contributed by atoms with Crippen molar-refractivity contribution in [3.05, 3.63) is 64.8 Å². The molecule has 0 saturated carbocycles. The van der Waals surface area contributed by atoms with Crippen molar-refractivity contribution in [3.63, 3.8) is 0 Å². The van der Waals surface area contributed by atoms with E-state index in [1.807, 2.05) is 24.3 Å². The van der Waals surface area contributed by atoms with Crippen LogP contribution in [0.5, 0.6) is 0 Å². The zero-order valence-electron chi connectivity index (χ0n) is 18.6. The van der Waals surface area contributed by atoms with Gasteiger partial charge in [-0.15, -0.1) is 0 Å². The molecule has 35 heavy (non-hydrogen) atoms. The molecule has 1 N–H and O–H groups in total. The van der Waals surface area contributed by atoms with Gasteiger partial charge in [0.05, 0.1) is 20.8 Å². The third kappa shape index (κ3) is 3.94. The quantitative estimate of drug-likeness (QED) is 0.414. The minimum atomic E-state index is -3.84. The zero-order chi connectivity index (χ0) is 24.2. The van der Waals surface area contributed by atoms with Crippen molar-refractivity contribution in [1.29, 1.82) is 0 Å². The molecule has 6 rings (SSSR count). The highest BCUT2D eigenvalue weighted by molar-refractivity contribution is 7.89. The lowest BCUT2D eigenvalue weighted by atomic mass is 10.2. The van der Waals surface area contributed by atoms with E-state index < -0.39 is 16.1 Å². The first-order valence-corrected chi connectivity index (χ1v) is 14.1. The van der Waals surface area contributed by atoms with Gasteiger partial charge >= 0.3 is 0 Å². The van der Waals surface area contributed by atoms with Crippen molar-refractivity contribution in [3.8, 4) is 5.13 Å². The Bertz CT molecular complexity index is 1510. The maximum Gasteiger partial charge on any atom is 0.244 e. The first kappa shape index (κ1) is 22.7. The van der Waals surface area contributed by atoms with Crippen molar-refractivity contribution < 1.29 is 13.2 Å². The van der Waals surface area contributed by atoms with Gasteiger partial charge in [0.1, 0.15) is 11.9 Å². The number of hydrogen-bond donors (Lipinski definition) is 1. The predicted octanol–water partition coefficient (Wildman–Crippen LogP) is 4.42. The molecule has 8 nitrogen and oxygen atoms in total. The molecule has 180 valence electrons. The standard InChI is InChI=1S/C24H22ClN5O3S2/c25-15-10-12-16(13-11-15)35(32,33)29-14-4-8-20(29)23(31)27-22-17-5-3-7-18(17)28-30(22)24-26-19-6-1-2-9-21(19)34-24/h1-2,6,9-13,20H,3-5,7-8,14H2,(H,27,31). The Hall–Kier alpha value is -2.79. The Morgan fingerprint density at radius 1 is 1.09 bits per heavy atom. The number of aryl methyl sites for hydroxylation is 1. The molecule has 11 heteroatoms. The van der Waals surface area contributed by atoms with E-state index in [1.54, 1.807) is 16.8 Å². The number of fused-ring (bicyclic) bond motifs is 2. The number of hydrogen-bond acceptors (Lipinski definition) is 6. The Morgan fingerprint density at radius 3 is 2.69 bits per heavy atom. The van der Waals surface area contributed by atoms with E-state index in [2.05, 4.69) is 5.32 Å². The van der Waals surface area contributed by atoms with Gasteiger partial charge in [-0.05, 0) is 68.5 Å². The topological polar surface area (TPSA) is 97.2 Å². The molecule has 1 atom stereocenters. The molecule has 2 aliphatic rings. The number of nitrogens with one attached hydrogen (secondary N) is 1. The summed E-state index contributed by atoms with van der Waals surface area (Å²) in [5.74, 6) is 0.245. The number of sulfonamides is 1. The van der Waals surface area contributed by atoms with Gasteiger partial charge in [0.15, 0.2) is 0 Å². The van der Waals surface area contributed by atoms with Gasteiger partial charge < -0.3 is 5.32 Å². The Labute approximate surface area is 211 Å². The molecule has 4 aromatic rings. The number of carbonyl (C=O) groups excluding carboxylic acids is 1. The molecular formula is C24H22ClN5O3S2. The molecule has 2 aromatic carbocycles. The third-order valence-corrected chi connectivity index (χ3v) is 9.73. The molecule has 3 heterocycles. The molecule has 0 spiro atoms. The van der Waals surface area contributed by atoms with Crippen molar-refractivity contribution in [2.45, 2.75) is 43.0 Å². The number of thiazole rings is 1. The zero-order valence-corrected chi connectivity index (χ0v) is 21.0. The molecule has 0 radical (unpaired) electrons. The number of anilines is 1. The van der Waals surface area contributed by atoms with Crippen LogP contribution in [0.3, 0.4) is 0 Å². The van der Waals surface area contributed by atoms with Crippen molar-refractivity contribution >= 4 is 54.9 Å². The van der Waals surface area contributed by atoms with E-state index >= 15 is 0 Å². The maximum absolute atomic E-state index is 13.5. The van der Waals surface area contributed by atoms with Crippen LogP contribution in [-0.2, 0) is 27.7 Å². The van der Waals surface area contributed by atoms with E-state index in [0.29, 0.717) is 28.8 Å². The van der Waals surface area contributed by atoms with E-state index in [1.165, 1.54) is 27.8 Å². The van der Waals surface area contributed by atoms with E-state index in [0.717, 1.165) is 40.7 Å². The van der Waals surface area contributed by atoms with Crippen LogP contribution < -0.4 is 5.32 Å². The summed E-state index contributed by atoms with van der Waals surface area (Å²) >= 11 is 7.44. The van der Waals surface area contributed by atoms with Crippen LogP contribution in [0.15, 0.2) is 53.4 Å². The van der Waals surface area contributed by atoms with Crippen LogP contribution >= 0.6 is 22.9 Å². The number of amides is 1. The number of halogens is 1. The fraction of sp³-hybridized carbons (Fsp3) is 0.292.